The average molecular weight is 203 g/mol. The second-order valence-electron chi connectivity index (χ2n) is 3.75. The first-order chi connectivity index (χ1) is 7.24. The van der Waals surface area contributed by atoms with Crippen molar-refractivity contribution in [3.63, 3.8) is 0 Å². The van der Waals surface area contributed by atoms with Gasteiger partial charge in [0, 0.05) is 25.2 Å². The molecule has 1 aliphatic rings. The van der Waals surface area contributed by atoms with Gasteiger partial charge < -0.3 is 4.98 Å². The molecule has 0 spiro atoms. The summed E-state index contributed by atoms with van der Waals surface area (Å²) in [5.41, 5.74) is 2.02. The van der Waals surface area contributed by atoms with Crippen molar-refractivity contribution in [3.05, 3.63) is 33.2 Å². The summed E-state index contributed by atoms with van der Waals surface area (Å²) in [5.74, 6) is 0. The first-order valence-electron chi connectivity index (χ1n) is 5.12. The number of nitrogens with one attached hydrogen (secondary N) is 1. The summed E-state index contributed by atoms with van der Waals surface area (Å²) in [6.07, 6.45) is 0.865. The van der Waals surface area contributed by atoms with E-state index >= 15 is 0 Å². The molecule has 2 rings (SSSR count). The molecule has 0 aromatic carbocycles. The molecule has 0 amide bonds. The molecule has 4 heteroatoms. The summed E-state index contributed by atoms with van der Waals surface area (Å²) in [6, 6.07) is 3.63. The lowest BCUT2D eigenvalue weighted by molar-refractivity contribution is 0.265. The fraction of sp³-hybridized carbons (Fsp3) is 0.455. The van der Waals surface area contributed by atoms with E-state index in [-0.39, 0.29) is 11.1 Å². The van der Waals surface area contributed by atoms with Crippen LogP contribution in [0.1, 0.15) is 23.7 Å². The highest BCUT2D eigenvalue weighted by Crippen LogP contribution is 2.15. The highest BCUT2D eigenvalue weighted by molar-refractivity contribution is 5.34. The summed E-state index contributed by atoms with van der Waals surface area (Å²) in [6.45, 7) is 4.92. The minimum atomic E-state index is -0.263. The molecule has 0 bridgehead atoms. The van der Waals surface area contributed by atoms with Crippen LogP contribution in [0.4, 0.5) is 0 Å². The van der Waals surface area contributed by atoms with Crippen molar-refractivity contribution in [2.24, 2.45) is 0 Å². The van der Waals surface area contributed by atoms with Crippen molar-refractivity contribution in [2.45, 2.75) is 19.9 Å². The van der Waals surface area contributed by atoms with E-state index in [1.54, 1.807) is 6.07 Å². The Morgan fingerprint density at radius 2 is 2.47 bits per heavy atom. The molecule has 2 heterocycles. The number of aromatic amines is 1. The van der Waals surface area contributed by atoms with E-state index in [0.717, 1.165) is 37.3 Å². The summed E-state index contributed by atoms with van der Waals surface area (Å²) >= 11 is 0. The maximum absolute atomic E-state index is 11.4. The molecule has 1 aromatic heterocycles. The van der Waals surface area contributed by atoms with Crippen LogP contribution in [-0.2, 0) is 13.0 Å². The number of nitrogens with zero attached hydrogens (tertiary/aromatic N) is 2. The predicted molar refractivity (Wildman–Crippen MR) is 56.4 cm³/mol. The normalized spacial score (nSPS) is 15.7. The first kappa shape index (κ1) is 9.94. The number of fused-ring (bicyclic) bond motifs is 1. The van der Waals surface area contributed by atoms with Gasteiger partial charge in [0.2, 0.25) is 0 Å². The predicted octanol–water partition coefficient (Wildman–Crippen LogP) is 0.625. The number of rotatable bonds is 1. The average Bonchev–Trinajstić information content (AvgIpc) is 2.27. The van der Waals surface area contributed by atoms with Crippen molar-refractivity contribution in [3.8, 4) is 6.07 Å². The van der Waals surface area contributed by atoms with Gasteiger partial charge in [-0.1, -0.05) is 6.92 Å². The molecule has 0 saturated carbocycles. The number of nitriles is 1. The SMILES string of the molecule is CCN1CCc2[nH]c(=O)c(C#N)cc2C1. The maximum Gasteiger partial charge on any atom is 0.266 e. The molecule has 0 fully saturated rings. The third-order valence-corrected chi connectivity index (χ3v) is 2.85. The zero-order valence-corrected chi connectivity index (χ0v) is 8.71. The van der Waals surface area contributed by atoms with Crippen LogP contribution in [0.25, 0.3) is 0 Å². The van der Waals surface area contributed by atoms with Crippen LogP contribution in [0.15, 0.2) is 10.9 Å². The van der Waals surface area contributed by atoms with Gasteiger partial charge in [-0.2, -0.15) is 5.26 Å². The number of likely N-dealkylation sites (N-methyl/N-ethyl adjacent to an activating group) is 1. The Bertz CT molecular complexity index is 470. The van der Waals surface area contributed by atoms with Crippen LogP contribution in [0, 0.1) is 11.3 Å². The molecular formula is C11H13N3O. The van der Waals surface area contributed by atoms with Crippen molar-refractivity contribution in [1.29, 1.82) is 5.26 Å². The van der Waals surface area contributed by atoms with E-state index in [1.165, 1.54) is 0 Å². The molecule has 15 heavy (non-hydrogen) atoms. The van der Waals surface area contributed by atoms with Gasteiger partial charge >= 0.3 is 0 Å². The molecule has 1 aromatic rings. The van der Waals surface area contributed by atoms with Crippen LogP contribution in [0.5, 0.6) is 0 Å². The van der Waals surface area contributed by atoms with Gasteiger partial charge in [0.05, 0.1) is 0 Å². The maximum atomic E-state index is 11.4. The molecular weight excluding hydrogens is 190 g/mol. The summed E-state index contributed by atoms with van der Waals surface area (Å²) in [7, 11) is 0. The Hall–Kier alpha value is -1.60. The summed E-state index contributed by atoms with van der Waals surface area (Å²) in [5, 5.41) is 8.76. The second-order valence-corrected chi connectivity index (χ2v) is 3.75. The molecule has 0 radical (unpaired) electrons. The van der Waals surface area contributed by atoms with E-state index in [9.17, 15) is 4.79 Å². The van der Waals surface area contributed by atoms with E-state index in [2.05, 4.69) is 16.8 Å². The molecule has 78 valence electrons. The zero-order valence-electron chi connectivity index (χ0n) is 8.71. The number of H-pyrrole nitrogens is 1. The molecule has 0 aliphatic carbocycles. The molecule has 0 saturated heterocycles. The molecule has 1 N–H and O–H groups in total. The summed E-state index contributed by atoms with van der Waals surface area (Å²) < 4.78 is 0. The fourth-order valence-electron chi connectivity index (χ4n) is 1.92. The molecule has 4 nitrogen and oxygen atoms in total. The smallest absolute Gasteiger partial charge is 0.266 e. The monoisotopic (exact) mass is 203 g/mol. The van der Waals surface area contributed by atoms with E-state index < -0.39 is 0 Å². The van der Waals surface area contributed by atoms with Crippen molar-refractivity contribution in [2.75, 3.05) is 13.1 Å². The number of hydrogen-bond acceptors (Lipinski definition) is 3. The first-order valence-corrected chi connectivity index (χ1v) is 5.12. The lowest BCUT2D eigenvalue weighted by Crippen LogP contribution is -2.32. The highest BCUT2D eigenvalue weighted by atomic mass is 16.1. The number of pyridine rings is 1. The Kier molecular flexibility index (Phi) is 2.57. The highest BCUT2D eigenvalue weighted by Gasteiger charge is 2.16. The van der Waals surface area contributed by atoms with Gasteiger partial charge in [0.15, 0.2) is 0 Å². The van der Waals surface area contributed by atoms with Crippen LogP contribution in [-0.4, -0.2) is 23.0 Å². The Balaban J connectivity index is 2.43. The molecule has 0 unspecified atom stereocenters. The quantitative estimate of drug-likeness (QED) is 0.728. The fourth-order valence-corrected chi connectivity index (χ4v) is 1.92. The largest absolute Gasteiger partial charge is 0.325 e. The minimum absolute atomic E-state index is 0.215. The van der Waals surface area contributed by atoms with Gasteiger partial charge in [-0.05, 0) is 18.2 Å². The van der Waals surface area contributed by atoms with Gasteiger partial charge in [0.25, 0.3) is 5.56 Å². The Morgan fingerprint density at radius 1 is 1.67 bits per heavy atom. The minimum Gasteiger partial charge on any atom is -0.325 e. The van der Waals surface area contributed by atoms with Crippen LogP contribution in [0.3, 0.4) is 0 Å². The number of hydrogen-bond donors (Lipinski definition) is 1. The van der Waals surface area contributed by atoms with Crippen LogP contribution >= 0.6 is 0 Å². The molecule has 1 aliphatic heterocycles. The van der Waals surface area contributed by atoms with Crippen molar-refractivity contribution in [1.82, 2.24) is 9.88 Å². The van der Waals surface area contributed by atoms with Gasteiger partial charge in [-0.25, -0.2) is 0 Å². The standard InChI is InChI=1S/C11H13N3O/c1-2-14-4-3-10-9(7-14)5-8(6-12)11(15)13-10/h5H,2-4,7H2,1H3,(H,13,15). The third-order valence-electron chi connectivity index (χ3n) is 2.85. The van der Waals surface area contributed by atoms with Crippen LogP contribution < -0.4 is 5.56 Å². The van der Waals surface area contributed by atoms with Gasteiger partial charge in [-0.15, -0.1) is 0 Å². The topological polar surface area (TPSA) is 59.9 Å². The lowest BCUT2D eigenvalue weighted by atomic mass is 10.0. The van der Waals surface area contributed by atoms with E-state index in [1.807, 2.05) is 6.07 Å². The van der Waals surface area contributed by atoms with Crippen molar-refractivity contribution < 1.29 is 0 Å². The van der Waals surface area contributed by atoms with Gasteiger partial charge in [-0.3, -0.25) is 9.69 Å². The zero-order chi connectivity index (χ0) is 10.8. The Morgan fingerprint density at radius 3 is 3.13 bits per heavy atom. The van der Waals surface area contributed by atoms with Gasteiger partial charge in [0.1, 0.15) is 11.6 Å². The molecule has 0 atom stereocenters. The second kappa shape index (κ2) is 3.87. The van der Waals surface area contributed by atoms with Crippen LogP contribution in [0.2, 0.25) is 0 Å². The number of aromatic nitrogens is 1. The lowest BCUT2D eigenvalue weighted by Gasteiger charge is -2.26. The van der Waals surface area contributed by atoms with E-state index in [4.69, 9.17) is 5.26 Å². The van der Waals surface area contributed by atoms with Crippen molar-refractivity contribution >= 4 is 0 Å². The van der Waals surface area contributed by atoms with E-state index in [0.29, 0.717) is 0 Å². The Labute approximate surface area is 88.1 Å². The summed E-state index contributed by atoms with van der Waals surface area (Å²) in [4.78, 5) is 16.5. The third kappa shape index (κ3) is 1.79.